The predicted octanol–water partition coefficient (Wildman–Crippen LogP) is 2.70. The Morgan fingerprint density at radius 1 is 0.833 bits per heavy atom. The molecule has 1 aliphatic rings. The third kappa shape index (κ3) is 5.78. The van der Waals surface area contributed by atoms with Crippen molar-refractivity contribution in [1.82, 2.24) is 0 Å². The molecule has 0 bridgehead atoms. The first-order valence-corrected chi connectivity index (χ1v) is 12.4. The number of rotatable bonds is 7. The first-order chi connectivity index (χ1) is 20.0. The van der Waals surface area contributed by atoms with Crippen LogP contribution in [0.4, 0.5) is 0 Å². The molecule has 1 aromatic heterocycles. The maximum Gasteiger partial charge on any atom is 0.402 e. The summed E-state index contributed by atoms with van der Waals surface area (Å²) >= 11 is 0. The van der Waals surface area contributed by atoms with Crippen molar-refractivity contribution in [2.24, 2.45) is 0 Å². The minimum atomic E-state index is -1.62. The quantitative estimate of drug-likeness (QED) is 0.0682. The van der Waals surface area contributed by atoms with E-state index in [0.717, 1.165) is 12.1 Å². The second-order valence-electron chi connectivity index (χ2n) is 9.37. The molecular weight excluding hydrogens is 556 g/mol. The first-order valence-electron chi connectivity index (χ1n) is 12.4. The largest absolute Gasteiger partial charge is 0.507 e. The Morgan fingerprint density at radius 3 is 2.26 bits per heavy atom. The summed E-state index contributed by atoms with van der Waals surface area (Å²) in [4.78, 5) is 12.2. The molecule has 0 amide bonds. The van der Waals surface area contributed by atoms with E-state index in [2.05, 4.69) is 0 Å². The number of fused-ring (bicyclic) bond motifs is 1. The van der Waals surface area contributed by atoms with Gasteiger partial charge in [0.15, 0.2) is 23.0 Å². The number of aromatic hydroxyl groups is 6. The van der Waals surface area contributed by atoms with Gasteiger partial charge in [-0.2, -0.15) is 0 Å². The van der Waals surface area contributed by atoms with Crippen LogP contribution in [0.2, 0.25) is 0 Å². The molecule has 4 atom stereocenters. The number of aliphatic hydroxyl groups excluding tert-OH is 2. The molecule has 0 spiro atoms. The summed E-state index contributed by atoms with van der Waals surface area (Å²) < 4.78 is 22.4. The van der Waals surface area contributed by atoms with E-state index in [1.165, 1.54) is 54.6 Å². The fraction of sp³-hybridized carbons (Fsp3) is 0.172. The van der Waals surface area contributed by atoms with Crippen molar-refractivity contribution in [3.8, 4) is 51.6 Å². The molecule has 1 unspecified atom stereocenters. The number of phenols is 6. The Labute approximate surface area is 236 Å². The molecule has 1 saturated heterocycles. The average Bonchev–Trinajstić information content (AvgIpc) is 3.21. The Hall–Kier alpha value is -5.24. The average molecular weight is 582 g/mol. The zero-order valence-corrected chi connectivity index (χ0v) is 21.5. The molecular formula is C29H25O13+. The molecule has 13 nitrogen and oxygen atoms in total. The summed E-state index contributed by atoms with van der Waals surface area (Å²) in [5.74, 6) is -3.18. The molecule has 42 heavy (non-hydrogen) atoms. The number of benzene rings is 3. The van der Waals surface area contributed by atoms with E-state index in [1.807, 2.05) is 0 Å². The van der Waals surface area contributed by atoms with Gasteiger partial charge in [-0.05, 0) is 35.9 Å². The second kappa shape index (κ2) is 11.3. The molecule has 0 radical (unpaired) electrons. The van der Waals surface area contributed by atoms with E-state index in [-0.39, 0.29) is 51.0 Å². The molecule has 5 rings (SSSR count). The van der Waals surface area contributed by atoms with Crippen LogP contribution in [0, 0.1) is 0 Å². The molecule has 0 saturated carbocycles. The van der Waals surface area contributed by atoms with E-state index >= 15 is 0 Å². The van der Waals surface area contributed by atoms with Crippen LogP contribution in [0.1, 0.15) is 5.56 Å². The Kier molecular flexibility index (Phi) is 7.63. The van der Waals surface area contributed by atoms with Gasteiger partial charge in [-0.1, -0.05) is 6.07 Å². The Balaban J connectivity index is 1.34. The number of carbonyl (C=O) groups is 1. The summed E-state index contributed by atoms with van der Waals surface area (Å²) in [5.41, 5.74) is 0.649. The summed E-state index contributed by atoms with van der Waals surface area (Å²) in [6, 6.07) is 11.3. The molecule has 8 N–H and O–H groups in total. The number of ether oxygens (including phenoxy) is 3. The molecule has 13 heteroatoms. The molecule has 218 valence electrons. The van der Waals surface area contributed by atoms with Gasteiger partial charge in [-0.15, -0.1) is 0 Å². The van der Waals surface area contributed by atoms with E-state index in [9.17, 15) is 45.6 Å². The summed E-state index contributed by atoms with van der Waals surface area (Å²) in [5, 5.41) is 80.1. The van der Waals surface area contributed by atoms with E-state index < -0.39 is 48.7 Å². The summed E-state index contributed by atoms with van der Waals surface area (Å²) in [6.07, 6.45) is -3.48. The normalized spacial score (nSPS) is 20.2. The van der Waals surface area contributed by atoms with Crippen LogP contribution in [0.25, 0.3) is 28.4 Å². The van der Waals surface area contributed by atoms with Gasteiger partial charge in [0.05, 0.1) is 11.6 Å². The van der Waals surface area contributed by atoms with Crippen LogP contribution >= 0.6 is 0 Å². The Morgan fingerprint density at radius 2 is 1.55 bits per heavy atom. The maximum absolute atomic E-state index is 12.2. The van der Waals surface area contributed by atoms with Gasteiger partial charge in [0, 0.05) is 24.3 Å². The molecule has 0 aliphatic carbocycles. The number of hydrogen-bond donors (Lipinski definition) is 8. The highest BCUT2D eigenvalue weighted by molar-refractivity contribution is 5.89. The van der Waals surface area contributed by atoms with Crippen molar-refractivity contribution in [3.63, 3.8) is 0 Å². The molecule has 2 heterocycles. The predicted molar refractivity (Wildman–Crippen MR) is 144 cm³/mol. The van der Waals surface area contributed by atoms with Crippen molar-refractivity contribution < 1.29 is 64.3 Å². The monoisotopic (exact) mass is 581 g/mol. The smallest absolute Gasteiger partial charge is 0.402 e. The van der Waals surface area contributed by atoms with E-state index in [1.54, 1.807) is 0 Å². The van der Waals surface area contributed by atoms with Crippen molar-refractivity contribution in [3.05, 3.63) is 66.2 Å². The first kappa shape index (κ1) is 28.3. The van der Waals surface area contributed by atoms with Gasteiger partial charge in [0.1, 0.15) is 41.8 Å². The number of phenolic OH excluding ortho intramolecular Hbond substituents is 6. The lowest BCUT2D eigenvalue weighted by atomic mass is 10.1. The zero-order valence-electron chi connectivity index (χ0n) is 21.5. The third-order valence-corrected chi connectivity index (χ3v) is 6.42. The highest BCUT2D eigenvalue weighted by Crippen LogP contribution is 2.42. The van der Waals surface area contributed by atoms with Crippen LogP contribution in [-0.2, 0) is 14.3 Å². The summed E-state index contributed by atoms with van der Waals surface area (Å²) in [6.45, 7) is -0.469. The topological polar surface area (TPSA) is 218 Å². The molecule has 1 fully saturated rings. The number of esters is 1. The van der Waals surface area contributed by atoms with Crippen molar-refractivity contribution in [1.29, 1.82) is 0 Å². The van der Waals surface area contributed by atoms with Gasteiger partial charge in [0.2, 0.25) is 12.0 Å². The maximum atomic E-state index is 12.2. The second-order valence-corrected chi connectivity index (χ2v) is 9.37. The van der Waals surface area contributed by atoms with Gasteiger partial charge in [0.25, 0.3) is 0 Å². The van der Waals surface area contributed by atoms with Gasteiger partial charge in [-0.25, -0.2) is 9.21 Å². The van der Waals surface area contributed by atoms with Crippen LogP contribution < -0.4 is 4.74 Å². The lowest BCUT2D eigenvalue weighted by Gasteiger charge is -2.16. The lowest BCUT2D eigenvalue weighted by molar-refractivity contribution is -0.149. The van der Waals surface area contributed by atoms with Crippen molar-refractivity contribution in [2.75, 3.05) is 6.61 Å². The van der Waals surface area contributed by atoms with Crippen LogP contribution in [0.15, 0.2) is 65.1 Å². The minimum absolute atomic E-state index is 0.0377. The Bertz CT molecular complexity index is 1680. The van der Waals surface area contributed by atoms with Gasteiger partial charge < -0.3 is 55.1 Å². The van der Waals surface area contributed by atoms with E-state index in [4.69, 9.17) is 18.6 Å². The third-order valence-electron chi connectivity index (χ3n) is 6.42. The number of aliphatic hydroxyl groups is 2. The fourth-order valence-corrected chi connectivity index (χ4v) is 4.23. The van der Waals surface area contributed by atoms with Crippen molar-refractivity contribution in [2.45, 2.75) is 24.6 Å². The number of carbonyl (C=O) groups excluding carboxylic acids is 1. The summed E-state index contributed by atoms with van der Waals surface area (Å²) in [7, 11) is 0. The van der Waals surface area contributed by atoms with Crippen molar-refractivity contribution >= 4 is 23.0 Å². The molecule has 4 aromatic rings. The molecule has 3 aromatic carbocycles. The van der Waals surface area contributed by atoms with E-state index in [0.29, 0.717) is 5.56 Å². The highest BCUT2D eigenvalue weighted by Gasteiger charge is 2.46. The fourth-order valence-electron chi connectivity index (χ4n) is 4.23. The lowest BCUT2D eigenvalue weighted by Crippen LogP contribution is -2.36. The SMILES string of the molecule is O=C(C=Cc1ccc(O)c(O)c1)OC[C@H]1OC(Oc2cc3c(O)cc(O)cc3[o+]c2-c2ccc(O)c(O)c2)[C@@H](O)[C@@H]1O. The standard InChI is InChI=1S/C29H24O13/c30-15-9-19(33)16-11-23(28(40-22(16)10-15)14-3-5-18(32)21(35)8-14)41-29-27(38)26(37)24(42-29)12-39-25(36)6-2-13-1-4-17(31)20(34)7-13/h1-11,24,26-27,29,37-38H,12H2,(H5-,30,31,32,33,34,35,36)/p+1/t24-,26-,27+,29?/m1/s1. The zero-order chi connectivity index (χ0) is 30.1. The van der Waals surface area contributed by atoms with Gasteiger partial charge in [-0.3, -0.25) is 0 Å². The molecule has 1 aliphatic heterocycles. The van der Waals surface area contributed by atoms with Crippen LogP contribution in [0.5, 0.6) is 40.2 Å². The number of hydrogen-bond acceptors (Lipinski definition) is 12. The minimum Gasteiger partial charge on any atom is -0.507 e. The van der Waals surface area contributed by atoms with Crippen LogP contribution in [0.3, 0.4) is 0 Å². The highest BCUT2D eigenvalue weighted by atomic mass is 16.7. The van der Waals surface area contributed by atoms with Crippen LogP contribution in [-0.4, -0.2) is 78.0 Å². The van der Waals surface area contributed by atoms with Gasteiger partial charge >= 0.3 is 17.3 Å².